The summed E-state index contributed by atoms with van der Waals surface area (Å²) in [5, 5.41) is 3.76. The third-order valence-corrected chi connectivity index (χ3v) is 4.65. The fourth-order valence-electron chi connectivity index (χ4n) is 3.44. The summed E-state index contributed by atoms with van der Waals surface area (Å²) in [6.07, 6.45) is 4.37. The van der Waals surface area contributed by atoms with Gasteiger partial charge < -0.3 is 5.32 Å². The Kier molecular flexibility index (Phi) is 2.63. The zero-order chi connectivity index (χ0) is 10.3. The van der Waals surface area contributed by atoms with Crippen molar-refractivity contribution in [3.05, 3.63) is 0 Å². The zero-order valence-electron chi connectivity index (χ0n) is 10.1. The maximum atomic E-state index is 3.76. The third-order valence-electron chi connectivity index (χ3n) is 4.65. The Morgan fingerprint density at radius 3 is 2.50 bits per heavy atom. The van der Waals surface area contributed by atoms with Gasteiger partial charge in [0.15, 0.2) is 0 Å². The van der Waals surface area contributed by atoms with E-state index in [0.29, 0.717) is 5.41 Å². The summed E-state index contributed by atoms with van der Waals surface area (Å²) in [5.41, 5.74) is 0.632. The fraction of sp³-hybridized carbons (Fsp3) is 1.00. The van der Waals surface area contributed by atoms with Crippen molar-refractivity contribution in [2.45, 2.75) is 53.0 Å². The Hall–Kier alpha value is -0.0400. The Morgan fingerprint density at radius 1 is 1.29 bits per heavy atom. The highest BCUT2D eigenvalue weighted by Crippen LogP contribution is 2.58. The minimum atomic E-state index is 0.632. The lowest BCUT2D eigenvalue weighted by atomic mass is 9.47. The molecule has 82 valence electrons. The van der Waals surface area contributed by atoms with Crippen LogP contribution in [-0.2, 0) is 0 Å². The predicted molar refractivity (Wildman–Crippen MR) is 61.2 cm³/mol. The second kappa shape index (κ2) is 3.52. The third kappa shape index (κ3) is 1.60. The molecule has 14 heavy (non-hydrogen) atoms. The Labute approximate surface area is 88.7 Å². The van der Waals surface area contributed by atoms with Crippen LogP contribution in [0.15, 0.2) is 0 Å². The van der Waals surface area contributed by atoms with Crippen LogP contribution in [0.25, 0.3) is 0 Å². The van der Waals surface area contributed by atoms with E-state index < -0.39 is 0 Å². The molecule has 0 aromatic heterocycles. The monoisotopic (exact) mass is 195 g/mol. The Bertz CT molecular complexity index is 205. The van der Waals surface area contributed by atoms with E-state index in [1.54, 1.807) is 0 Å². The molecule has 3 atom stereocenters. The molecular formula is C13H25N. The van der Waals surface area contributed by atoms with Crippen LogP contribution in [0.2, 0.25) is 0 Å². The van der Waals surface area contributed by atoms with E-state index in [2.05, 4.69) is 33.0 Å². The van der Waals surface area contributed by atoms with Gasteiger partial charge in [-0.15, -0.1) is 0 Å². The van der Waals surface area contributed by atoms with E-state index >= 15 is 0 Å². The molecule has 0 amide bonds. The SMILES string of the molecule is CC(C)CNC1CCC2CC1C2(C)C. The zero-order valence-corrected chi connectivity index (χ0v) is 10.1. The average Bonchev–Trinajstić information content (AvgIpc) is 2.14. The topological polar surface area (TPSA) is 12.0 Å². The number of rotatable bonds is 3. The van der Waals surface area contributed by atoms with Gasteiger partial charge in [-0.1, -0.05) is 27.7 Å². The first-order valence-corrected chi connectivity index (χ1v) is 6.25. The van der Waals surface area contributed by atoms with Crippen LogP contribution in [0.4, 0.5) is 0 Å². The molecule has 3 unspecified atom stereocenters. The van der Waals surface area contributed by atoms with Crippen molar-refractivity contribution < 1.29 is 0 Å². The summed E-state index contributed by atoms with van der Waals surface area (Å²) >= 11 is 0. The fourth-order valence-corrected chi connectivity index (χ4v) is 3.44. The van der Waals surface area contributed by atoms with Crippen LogP contribution in [0, 0.1) is 23.2 Å². The lowest BCUT2D eigenvalue weighted by Crippen LogP contribution is -2.59. The van der Waals surface area contributed by atoms with Crippen LogP contribution < -0.4 is 5.32 Å². The second-order valence-electron chi connectivity index (χ2n) is 6.35. The minimum Gasteiger partial charge on any atom is -0.313 e. The molecule has 3 saturated carbocycles. The molecule has 3 fully saturated rings. The molecule has 0 aliphatic heterocycles. The van der Waals surface area contributed by atoms with Gasteiger partial charge in [-0.2, -0.15) is 0 Å². The van der Waals surface area contributed by atoms with Crippen molar-refractivity contribution in [1.82, 2.24) is 5.32 Å². The molecule has 1 nitrogen and oxygen atoms in total. The van der Waals surface area contributed by atoms with Gasteiger partial charge in [-0.25, -0.2) is 0 Å². The van der Waals surface area contributed by atoms with Gasteiger partial charge in [0.2, 0.25) is 0 Å². The summed E-state index contributed by atoms with van der Waals surface area (Å²) in [6.45, 7) is 10.7. The smallest absolute Gasteiger partial charge is 0.0101 e. The molecule has 2 bridgehead atoms. The molecule has 0 spiro atoms. The van der Waals surface area contributed by atoms with Gasteiger partial charge in [0.1, 0.15) is 0 Å². The van der Waals surface area contributed by atoms with Crippen molar-refractivity contribution in [3.63, 3.8) is 0 Å². The van der Waals surface area contributed by atoms with E-state index in [1.165, 1.54) is 25.8 Å². The first kappa shape index (κ1) is 10.5. The molecule has 1 N–H and O–H groups in total. The van der Waals surface area contributed by atoms with Crippen molar-refractivity contribution in [2.75, 3.05) is 6.54 Å². The first-order valence-electron chi connectivity index (χ1n) is 6.25. The lowest BCUT2D eigenvalue weighted by molar-refractivity contribution is -0.0871. The molecule has 3 rings (SSSR count). The van der Waals surface area contributed by atoms with Crippen molar-refractivity contribution in [3.8, 4) is 0 Å². The summed E-state index contributed by atoms with van der Waals surface area (Å²) in [6, 6.07) is 0.817. The summed E-state index contributed by atoms with van der Waals surface area (Å²) in [5.74, 6) is 2.78. The van der Waals surface area contributed by atoms with Crippen molar-refractivity contribution >= 4 is 0 Å². The minimum absolute atomic E-state index is 0.632. The van der Waals surface area contributed by atoms with Crippen LogP contribution in [-0.4, -0.2) is 12.6 Å². The predicted octanol–water partition coefficient (Wildman–Crippen LogP) is 3.06. The van der Waals surface area contributed by atoms with Crippen molar-refractivity contribution in [2.24, 2.45) is 23.2 Å². The maximum absolute atomic E-state index is 3.76. The van der Waals surface area contributed by atoms with Crippen LogP contribution in [0.1, 0.15) is 47.0 Å². The first-order chi connectivity index (χ1) is 6.51. The highest BCUT2D eigenvalue weighted by Gasteiger charge is 2.53. The van der Waals surface area contributed by atoms with E-state index in [4.69, 9.17) is 0 Å². The molecule has 0 radical (unpaired) electrons. The summed E-state index contributed by atoms with van der Waals surface area (Å²) in [4.78, 5) is 0. The molecule has 0 saturated heterocycles. The van der Waals surface area contributed by atoms with Gasteiger partial charge in [-0.05, 0) is 49.0 Å². The number of hydrogen-bond donors (Lipinski definition) is 1. The molecule has 0 heterocycles. The largest absolute Gasteiger partial charge is 0.313 e. The van der Waals surface area contributed by atoms with Crippen LogP contribution in [0.3, 0.4) is 0 Å². The van der Waals surface area contributed by atoms with E-state index in [9.17, 15) is 0 Å². The number of nitrogens with one attached hydrogen (secondary N) is 1. The van der Waals surface area contributed by atoms with Gasteiger partial charge in [0, 0.05) is 6.04 Å². The lowest BCUT2D eigenvalue weighted by Gasteiger charge is -2.60. The normalized spacial score (nSPS) is 39.6. The highest BCUT2D eigenvalue weighted by atomic mass is 14.9. The van der Waals surface area contributed by atoms with Gasteiger partial charge in [0.25, 0.3) is 0 Å². The van der Waals surface area contributed by atoms with Crippen molar-refractivity contribution in [1.29, 1.82) is 0 Å². The van der Waals surface area contributed by atoms with E-state index in [1.807, 2.05) is 0 Å². The second-order valence-corrected chi connectivity index (χ2v) is 6.35. The van der Waals surface area contributed by atoms with Crippen LogP contribution in [0.5, 0.6) is 0 Å². The van der Waals surface area contributed by atoms with Gasteiger partial charge >= 0.3 is 0 Å². The van der Waals surface area contributed by atoms with E-state index in [0.717, 1.165) is 23.8 Å². The molecular weight excluding hydrogens is 170 g/mol. The quantitative estimate of drug-likeness (QED) is 0.730. The van der Waals surface area contributed by atoms with Gasteiger partial charge in [0.05, 0.1) is 0 Å². The van der Waals surface area contributed by atoms with Crippen LogP contribution >= 0.6 is 0 Å². The Morgan fingerprint density at radius 2 is 2.00 bits per heavy atom. The summed E-state index contributed by atoms with van der Waals surface area (Å²) in [7, 11) is 0. The summed E-state index contributed by atoms with van der Waals surface area (Å²) < 4.78 is 0. The van der Waals surface area contributed by atoms with E-state index in [-0.39, 0.29) is 0 Å². The standard InChI is InChI=1S/C13H25N/c1-9(2)8-14-12-6-5-10-7-11(12)13(10,3)4/h9-12,14H,5-8H2,1-4H3. The average molecular weight is 195 g/mol. The maximum Gasteiger partial charge on any atom is 0.0101 e. The number of hydrogen-bond acceptors (Lipinski definition) is 1. The Balaban J connectivity index is 1.88. The molecule has 3 aliphatic carbocycles. The molecule has 3 aliphatic rings. The number of fused-ring (bicyclic) bond motifs is 2. The molecule has 1 heteroatoms. The highest BCUT2D eigenvalue weighted by molar-refractivity contribution is 5.05. The molecule has 0 aromatic rings. The van der Waals surface area contributed by atoms with Gasteiger partial charge in [-0.3, -0.25) is 0 Å². The molecule has 0 aromatic carbocycles.